The molecule has 6 heteroatoms. The van der Waals surface area contributed by atoms with Crippen LogP contribution in [0, 0.1) is 0 Å². The summed E-state index contributed by atoms with van der Waals surface area (Å²) in [6.45, 7) is 1.33. The molecule has 122 valence electrons. The summed E-state index contributed by atoms with van der Waals surface area (Å²) in [7, 11) is 0. The van der Waals surface area contributed by atoms with Crippen LogP contribution in [0.1, 0.15) is 18.1 Å². The molecule has 0 saturated carbocycles. The summed E-state index contributed by atoms with van der Waals surface area (Å²) in [6.07, 6.45) is -5.26. The predicted molar refractivity (Wildman–Crippen MR) is 79.8 cm³/mol. The molecule has 0 aliphatic carbocycles. The molecule has 0 radical (unpaired) electrons. The SMILES string of the molecule is CC(Oc1ccccc1)C(=O)NCc1ccccc1C(F)(F)F. The fourth-order valence-electron chi connectivity index (χ4n) is 2.03. The van der Waals surface area contributed by atoms with Crippen LogP contribution in [-0.4, -0.2) is 12.0 Å². The zero-order valence-corrected chi connectivity index (χ0v) is 12.4. The van der Waals surface area contributed by atoms with Gasteiger partial charge in [-0.1, -0.05) is 36.4 Å². The second-order valence-corrected chi connectivity index (χ2v) is 4.95. The van der Waals surface area contributed by atoms with Gasteiger partial charge in [0.2, 0.25) is 0 Å². The first-order chi connectivity index (χ1) is 10.9. The Balaban J connectivity index is 1.97. The monoisotopic (exact) mass is 323 g/mol. The second-order valence-electron chi connectivity index (χ2n) is 4.95. The average Bonchev–Trinajstić information content (AvgIpc) is 2.53. The van der Waals surface area contributed by atoms with Crippen molar-refractivity contribution in [1.29, 1.82) is 0 Å². The molecule has 0 aliphatic rings. The number of nitrogens with one attached hydrogen (secondary N) is 1. The van der Waals surface area contributed by atoms with Crippen molar-refractivity contribution in [3.63, 3.8) is 0 Å². The molecule has 1 unspecified atom stereocenters. The van der Waals surface area contributed by atoms with Crippen molar-refractivity contribution < 1.29 is 22.7 Å². The fraction of sp³-hybridized carbons (Fsp3) is 0.235. The van der Waals surface area contributed by atoms with E-state index in [-0.39, 0.29) is 12.1 Å². The van der Waals surface area contributed by atoms with Crippen molar-refractivity contribution in [1.82, 2.24) is 5.32 Å². The molecule has 2 rings (SSSR count). The highest BCUT2D eigenvalue weighted by Gasteiger charge is 2.32. The minimum Gasteiger partial charge on any atom is -0.481 e. The smallest absolute Gasteiger partial charge is 0.416 e. The van der Waals surface area contributed by atoms with Gasteiger partial charge >= 0.3 is 6.18 Å². The molecular formula is C17H16F3NO2. The van der Waals surface area contributed by atoms with E-state index in [9.17, 15) is 18.0 Å². The molecule has 23 heavy (non-hydrogen) atoms. The molecule has 1 amide bonds. The Morgan fingerprint density at radius 1 is 1.09 bits per heavy atom. The van der Waals surface area contributed by atoms with Crippen LogP contribution in [0.2, 0.25) is 0 Å². The largest absolute Gasteiger partial charge is 0.481 e. The Morgan fingerprint density at radius 2 is 1.70 bits per heavy atom. The minimum absolute atomic E-state index is 0.0141. The summed E-state index contributed by atoms with van der Waals surface area (Å²) in [6, 6.07) is 13.9. The van der Waals surface area contributed by atoms with Gasteiger partial charge in [-0.05, 0) is 30.7 Å². The number of halogens is 3. The predicted octanol–water partition coefficient (Wildman–Crippen LogP) is 3.79. The van der Waals surface area contributed by atoms with Gasteiger partial charge in [-0.25, -0.2) is 0 Å². The molecule has 1 atom stereocenters. The first-order valence-corrected chi connectivity index (χ1v) is 7.02. The number of amides is 1. The van der Waals surface area contributed by atoms with E-state index < -0.39 is 23.8 Å². The molecule has 3 nitrogen and oxygen atoms in total. The van der Waals surface area contributed by atoms with Gasteiger partial charge in [0.05, 0.1) is 5.56 Å². The maximum atomic E-state index is 12.9. The van der Waals surface area contributed by atoms with Crippen molar-refractivity contribution in [2.45, 2.75) is 25.7 Å². The Labute approximate surface area is 132 Å². The Morgan fingerprint density at radius 3 is 2.35 bits per heavy atom. The van der Waals surface area contributed by atoms with E-state index in [0.717, 1.165) is 6.07 Å². The van der Waals surface area contributed by atoms with Crippen molar-refractivity contribution in [3.8, 4) is 5.75 Å². The van der Waals surface area contributed by atoms with Crippen LogP contribution >= 0.6 is 0 Å². The number of carbonyl (C=O) groups is 1. The van der Waals surface area contributed by atoms with Gasteiger partial charge in [0.1, 0.15) is 5.75 Å². The summed E-state index contributed by atoms with van der Waals surface area (Å²) < 4.78 is 44.1. The normalized spacial score (nSPS) is 12.5. The lowest BCUT2D eigenvalue weighted by Gasteiger charge is -2.16. The maximum absolute atomic E-state index is 12.9. The summed E-state index contributed by atoms with van der Waals surface area (Å²) >= 11 is 0. The molecule has 0 bridgehead atoms. The van der Waals surface area contributed by atoms with E-state index in [1.165, 1.54) is 25.1 Å². The van der Waals surface area contributed by atoms with Crippen LogP contribution in [-0.2, 0) is 17.5 Å². The van der Waals surface area contributed by atoms with Crippen molar-refractivity contribution >= 4 is 5.91 Å². The van der Waals surface area contributed by atoms with E-state index in [4.69, 9.17) is 4.74 Å². The zero-order chi connectivity index (χ0) is 16.9. The number of carbonyl (C=O) groups excluding carboxylic acids is 1. The lowest BCUT2D eigenvalue weighted by Crippen LogP contribution is -2.36. The molecule has 0 saturated heterocycles. The highest BCUT2D eigenvalue weighted by molar-refractivity contribution is 5.80. The summed E-state index contributed by atoms with van der Waals surface area (Å²) in [5.41, 5.74) is -0.739. The quantitative estimate of drug-likeness (QED) is 0.909. The summed E-state index contributed by atoms with van der Waals surface area (Å²) in [5, 5.41) is 2.47. The van der Waals surface area contributed by atoms with Crippen LogP contribution < -0.4 is 10.1 Å². The highest BCUT2D eigenvalue weighted by Crippen LogP contribution is 2.31. The molecular weight excluding hydrogens is 307 g/mol. The first kappa shape index (κ1) is 16.9. The van der Waals surface area contributed by atoms with E-state index in [0.29, 0.717) is 5.75 Å². The summed E-state index contributed by atoms with van der Waals surface area (Å²) in [4.78, 5) is 12.0. The van der Waals surface area contributed by atoms with Crippen LogP contribution in [0.3, 0.4) is 0 Å². The number of rotatable bonds is 5. The number of benzene rings is 2. The highest BCUT2D eigenvalue weighted by atomic mass is 19.4. The van der Waals surface area contributed by atoms with Gasteiger partial charge in [-0.3, -0.25) is 4.79 Å². The van der Waals surface area contributed by atoms with Gasteiger partial charge in [-0.2, -0.15) is 13.2 Å². The van der Waals surface area contributed by atoms with Gasteiger partial charge in [0, 0.05) is 6.54 Å². The van der Waals surface area contributed by atoms with Crippen molar-refractivity contribution in [2.75, 3.05) is 0 Å². The lowest BCUT2D eigenvalue weighted by atomic mass is 10.1. The number of para-hydroxylation sites is 1. The number of ether oxygens (including phenoxy) is 1. The zero-order valence-electron chi connectivity index (χ0n) is 12.4. The van der Waals surface area contributed by atoms with Gasteiger partial charge in [0.25, 0.3) is 5.91 Å². The van der Waals surface area contributed by atoms with E-state index in [1.54, 1.807) is 24.3 Å². The van der Waals surface area contributed by atoms with E-state index >= 15 is 0 Å². The average molecular weight is 323 g/mol. The van der Waals surface area contributed by atoms with E-state index in [2.05, 4.69) is 5.32 Å². The molecule has 0 heterocycles. The van der Waals surface area contributed by atoms with Crippen LogP contribution in [0.15, 0.2) is 54.6 Å². The lowest BCUT2D eigenvalue weighted by molar-refractivity contribution is -0.138. The molecule has 1 N–H and O–H groups in total. The molecule has 0 aromatic heterocycles. The standard InChI is InChI=1S/C17H16F3NO2/c1-12(23-14-8-3-2-4-9-14)16(22)21-11-13-7-5-6-10-15(13)17(18,19)20/h2-10,12H,11H2,1H3,(H,21,22). The number of hydrogen-bond acceptors (Lipinski definition) is 2. The first-order valence-electron chi connectivity index (χ1n) is 7.02. The number of hydrogen-bond donors (Lipinski definition) is 1. The second kappa shape index (κ2) is 7.17. The molecule has 0 aliphatic heterocycles. The number of alkyl halides is 3. The van der Waals surface area contributed by atoms with Gasteiger partial charge in [0.15, 0.2) is 6.10 Å². The van der Waals surface area contributed by atoms with Crippen LogP contribution in [0.25, 0.3) is 0 Å². The Kier molecular flexibility index (Phi) is 5.26. The van der Waals surface area contributed by atoms with Crippen molar-refractivity contribution in [3.05, 3.63) is 65.7 Å². The van der Waals surface area contributed by atoms with Crippen LogP contribution in [0.4, 0.5) is 13.2 Å². The Bertz CT molecular complexity index is 656. The van der Waals surface area contributed by atoms with E-state index in [1.807, 2.05) is 6.07 Å². The molecule has 2 aromatic carbocycles. The van der Waals surface area contributed by atoms with Crippen LogP contribution in [0.5, 0.6) is 5.75 Å². The molecule has 0 spiro atoms. The Hall–Kier alpha value is -2.50. The van der Waals surface area contributed by atoms with Crippen molar-refractivity contribution in [2.24, 2.45) is 0 Å². The third-order valence-corrected chi connectivity index (χ3v) is 3.20. The minimum atomic E-state index is -4.45. The molecule has 2 aromatic rings. The maximum Gasteiger partial charge on any atom is 0.416 e. The fourth-order valence-corrected chi connectivity index (χ4v) is 2.03. The summed E-state index contributed by atoms with van der Waals surface area (Å²) in [5.74, 6) is 0.0386. The topological polar surface area (TPSA) is 38.3 Å². The third kappa shape index (κ3) is 4.74. The van der Waals surface area contributed by atoms with Gasteiger partial charge < -0.3 is 10.1 Å². The molecule has 0 fully saturated rings. The third-order valence-electron chi connectivity index (χ3n) is 3.20. The van der Waals surface area contributed by atoms with Gasteiger partial charge in [-0.15, -0.1) is 0 Å².